The topological polar surface area (TPSA) is 12.5 Å². The van der Waals surface area contributed by atoms with Gasteiger partial charge in [0.05, 0.1) is 0 Å². The summed E-state index contributed by atoms with van der Waals surface area (Å²) < 4.78 is 5.57. The minimum atomic E-state index is -0.160. The zero-order valence-corrected chi connectivity index (χ0v) is 9.07. The minimum absolute atomic E-state index is 0.160. The molecule has 1 fully saturated rings. The molecule has 0 bridgehead atoms. The molecule has 70 valence electrons. The Morgan fingerprint density at radius 3 is 2.33 bits per heavy atom. The highest BCUT2D eigenvalue weighted by Crippen LogP contribution is 2.20. The predicted molar refractivity (Wildman–Crippen MR) is 54.2 cm³/mol. The molecular weight excluding hydrogens is 170 g/mol. The fourth-order valence-electron chi connectivity index (χ4n) is 1.11. The van der Waals surface area contributed by atoms with Crippen LogP contribution in [-0.4, -0.2) is 28.3 Å². The molecule has 0 aromatic heterocycles. The van der Waals surface area contributed by atoms with Crippen molar-refractivity contribution >= 4 is 17.4 Å². The standard InChI is InChI=1S/C9H17NOS/c1-7-5-6-10(7)8(12)11-9(2,3)4/h7H,5-6H2,1-4H3/t7-/m1/s1. The number of thiocarbonyl (C=S) groups is 1. The Kier molecular flexibility index (Phi) is 2.61. The van der Waals surface area contributed by atoms with Crippen molar-refractivity contribution < 1.29 is 4.74 Å². The van der Waals surface area contributed by atoms with Gasteiger partial charge in [-0.25, -0.2) is 0 Å². The highest BCUT2D eigenvalue weighted by molar-refractivity contribution is 7.80. The van der Waals surface area contributed by atoms with Gasteiger partial charge in [-0.1, -0.05) is 0 Å². The summed E-state index contributed by atoms with van der Waals surface area (Å²) in [4.78, 5) is 2.13. The van der Waals surface area contributed by atoms with Crippen LogP contribution in [0.5, 0.6) is 0 Å². The predicted octanol–water partition coefficient (Wildman–Crippen LogP) is 2.18. The van der Waals surface area contributed by atoms with Gasteiger partial charge in [-0.3, -0.25) is 0 Å². The van der Waals surface area contributed by atoms with Gasteiger partial charge in [0.15, 0.2) is 0 Å². The second-order valence-electron chi connectivity index (χ2n) is 4.31. The molecule has 1 aliphatic rings. The largest absolute Gasteiger partial charge is 0.465 e. The highest BCUT2D eigenvalue weighted by Gasteiger charge is 2.28. The van der Waals surface area contributed by atoms with E-state index in [1.807, 2.05) is 20.8 Å². The SMILES string of the molecule is C[C@@H]1CCN1C(=S)OC(C)(C)C. The summed E-state index contributed by atoms with van der Waals surface area (Å²) in [5, 5.41) is 0.654. The van der Waals surface area contributed by atoms with Crippen molar-refractivity contribution in [1.29, 1.82) is 0 Å². The smallest absolute Gasteiger partial charge is 0.260 e. The van der Waals surface area contributed by atoms with Crippen molar-refractivity contribution in [2.24, 2.45) is 0 Å². The van der Waals surface area contributed by atoms with Gasteiger partial charge >= 0.3 is 0 Å². The number of nitrogens with zero attached hydrogens (tertiary/aromatic N) is 1. The molecule has 12 heavy (non-hydrogen) atoms. The Morgan fingerprint density at radius 1 is 1.50 bits per heavy atom. The van der Waals surface area contributed by atoms with Crippen LogP contribution < -0.4 is 0 Å². The van der Waals surface area contributed by atoms with Gasteiger partial charge in [0.2, 0.25) is 0 Å². The maximum atomic E-state index is 5.57. The average molecular weight is 187 g/mol. The normalized spacial score (nSPS) is 23.3. The van der Waals surface area contributed by atoms with E-state index in [4.69, 9.17) is 17.0 Å². The maximum absolute atomic E-state index is 5.57. The molecule has 0 spiro atoms. The number of hydrogen-bond acceptors (Lipinski definition) is 2. The van der Waals surface area contributed by atoms with Crippen LogP contribution in [-0.2, 0) is 4.74 Å². The van der Waals surface area contributed by atoms with Gasteiger partial charge < -0.3 is 9.64 Å². The molecule has 0 aromatic carbocycles. The van der Waals surface area contributed by atoms with Crippen LogP contribution >= 0.6 is 12.2 Å². The van der Waals surface area contributed by atoms with E-state index in [0.29, 0.717) is 11.2 Å². The van der Waals surface area contributed by atoms with Gasteiger partial charge in [-0.15, -0.1) is 0 Å². The van der Waals surface area contributed by atoms with E-state index in [0.717, 1.165) is 6.54 Å². The molecule has 1 aliphatic heterocycles. The first-order valence-electron chi connectivity index (χ1n) is 4.40. The van der Waals surface area contributed by atoms with Gasteiger partial charge in [0.1, 0.15) is 5.60 Å². The molecule has 0 amide bonds. The van der Waals surface area contributed by atoms with E-state index in [1.165, 1.54) is 6.42 Å². The van der Waals surface area contributed by atoms with E-state index in [2.05, 4.69) is 11.8 Å². The molecular formula is C9H17NOS. The Labute approximate surface area is 79.9 Å². The number of likely N-dealkylation sites (tertiary alicyclic amines) is 1. The van der Waals surface area contributed by atoms with E-state index >= 15 is 0 Å². The molecule has 1 saturated heterocycles. The van der Waals surface area contributed by atoms with Crippen molar-refractivity contribution in [3.05, 3.63) is 0 Å². The molecule has 3 heteroatoms. The first-order chi connectivity index (χ1) is 5.40. The molecule has 0 aliphatic carbocycles. The summed E-state index contributed by atoms with van der Waals surface area (Å²) in [6.07, 6.45) is 1.23. The number of ether oxygens (including phenoxy) is 1. The lowest BCUT2D eigenvalue weighted by Gasteiger charge is -2.41. The van der Waals surface area contributed by atoms with E-state index < -0.39 is 0 Å². The van der Waals surface area contributed by atoms with E-state index in [9.17, 15) is 0 Å². The van der Waals surface area contributed by atoms with Crippen LogP contribution in [0.4, 0.5) is 0 Å². The molecule has 0 N–H and O–H groups in total. The monoisotopic (exact) mass is 187 g/mol. The van der Waals surface area contributed by atoms with Crippen LogP contribution in [0, 0.1) is 0 Å². The second kappa shape index (κ2) is 3.21. The van der Waals surface area contributed by atoms with Crippen molar-refractivity contribution in [2.75, 3.05) is 6.54 Å². The Hall–Kier alpha value is -0.310. The summed E-state index contributed by atoms with van der Waals surface area (Å²) in [6, 6.07) is 0.569. The van der Waals surface area contributed by atoms with Gasteiger partial charge in [0, 0.05) is 12.6 Å². The van der Waals surface area contributed by atoms with E-state index in [1.54, 1.807) is 0 Å². The third kappa shape index (κ3) is 2.34. The summed E-state index contributed by atoms with van der Waals surface area (Å²) in [5.74, 6) is 0. The lowest BCUT2D eigenvalue weighted by Crippen LogP contribution is -2.50. The van der Waals surface area contributed by atoms with Crippen LogP contribution in [0.25, 0.3) is 0 Å². The fraction of sp³-hybridized carbons (Fsp3) is 0.889. The zero-order valence-electron chi connectivity index (χ0n) is 8.26. The van der Waals surface area contributed by atoms with Crippen molar-refractivity contribution in [2.45, 2.75) is 45.8 Å². The Balaban J connectivity index is 2.39. The van der Waals surface area contributed by atoms with Crippen LogP contribution in [0.3, 0.4) is 0 Å². The summed E-state index contributed by atoms with van der Waals surface area (Å²) >= 11 is 5.16. The molecule has 2 nitrogen and oxygen atoms in total. The van der Waals surface area contributed by atoms with Crippen molar-refractivity contribution in [3.8, 4) is 0 Å². The molecule has 0 saturated carbocycles. The maximum Gasteiger partial charge on any atom is 0.260 e. The summed E-state index contributed by atoms with van der Waals surface area (Å²) in [6.45, 7) is 9.27. The zero-order chi connectivity index (χ0) is 9.35. The third-order valence-corrected chi connectivity index (χ3v) is 2.27. The van der Waals surface area contributed by atoms with Gasteiger partial charge in [-0.05, 0) is 46.3 Å². The molecule has 1 rings (SSSR count). The molecule has 0 aromatic rings. The van der Waals surface area contributed by atoms with Crippen molar-refractivity contribution in [3.63, 3.8) is 0 Å². The summed E-state index contributed by atoms with van der Waals surface area (Å²) in [5.41, 5.74) is -0.160. The third-order valence-electron chi connectivity index (χ3n) is 1.95. The van der Waals surface area contributed by atoms with E-state index in [-0.39, 0.29) is 5.60 Å². The molecule has 0 radical (unpaired) electrons. The Morgan fingerprint density at radius 2 is 2.08 bits per heavy atom. The van der Waals surface area contributed by atoms with Gasteiger partial charge in [0.25, 0.3) is 5.17 Å². The summed E-state index contributed by atoms with van der Waals surface area (Å²) in [7, 11) is 0. The van der Waals surface area contributed by atoms with Crippen molar-refractivity contribution in [1.82, 2.24) is 4.90 Å². The van der Waals surface area contributed by atoms with Gasteiger partial charge in [-0.2, -0.15) is 0 Å². The minimum Gasteiger partial charge on any atom is -0.465 e. The first kappa shape index (κ1) is 9.78. The number of rotatable bonds is 0. The lowest BCUT2D eigenvalue weighted by atomic mass is 10.1. The molecule has 0 unspecified atom stereocenters. The average Bonchev–Trinajstić information content (AvgIpc) is 1.79. The molecule has 1 atom stereocenters. The quantitative estimate of drug-likeness (QED) is 0.539. The van der Waals surface area contributed by atoms with Crippen LogP contribution in [0.2, 0.25) is 0 Å². The molecule has 1 heterocycles. The highest BCUT2D eigenvalue weighted by atomic mass is 32.1. The Bertz CT molecular complexity index is 185. The first-order valence-corrected chi connectivity index (χ1v) is 4.80. The number of hydrogen-bond donors (Lipinski definition) is 0. The lowest BCUT2D eigenvalue weighted by molar-refractivity contribution is 0.0649. The fourth-order valence-corrected chi connectivity index (χ4v) is 1.63. The van der Waals surface area contributed by atoms with Crippen LogP contribution in [0.15, 0.2) is 0 Å². The second-order valence-corrected chi connectivity index (χ2v) is 4.66. The van der Waals surface area contributed by atoms with Crippen LogP contribution in [0.1, 0.15) is 34.1 Å².